The van der Waals surface area contributed by atoms with Crippen molar-refractivity contribution in [1.82, 2.24) is 14.5 Å². The molecule has 0 bridgehead atoms. The molecule has 2 unspecified atom stereocenters. The molecule has 0 N–H and O–H groups in total. The van der Waals surface area contributed by atoms with E-state index in [2.05, 4.69) is 29.7 Å². The van der Waals surface area contributed by atoms with Crippen LogP contribution in [0.4, 0.5) is 0 Å². The van der Waals surface area contributed by atoms with Gasteiger partial charge in [-0.1, -0.05) is 54.1 Å². The van der Waals surface area contributed by atoms with Crippen LogP contribution in [0.25, 0.3) is 11.0 Å². The minimum atomic E-state index is 0.0428. The highest BCUT2D eigenvalue weighted by Crippen LogP contribution is 2.35. The predicted octanol–water partition coefficient (Wildman–Crippen LogP) is 6.85. The van der Waals surface area contributed by atoms with Crippen LogP contribution in [-0.2, 0) is 11.3 Å². The fourth-order valence-electron chi connectivity index (χ4n) is 5.23. The number of aromatic nitrogens is 2. The van der Waals surface area contributed by atoms with Gasteiger partial charge < -0.3 is 14.2 Å². The van der Waals surface area contributed by atoms with Gasteiger partial charge >= 0.3 is 0 Å². The molecule has 186 valence electrons. The molecule has 0 spiro atoms. The van der Waals surface area contributed by atoms with Gasteiger partial charge in [0.1, 0.15) is 11.6 Å². The van der Waals surface area contributed by atoms with Crippen LogP contribution in [0.2, 0.25) is 5.02 Å². The van der Waals surface area contributed by atoms with Crippen LogP contribution < -0.4 is 4.74 Å². The van der Waals surface area contributed by atoms with Crippen LogP contribution in [0, 0.1) is 13.8 Å². The summed E-state index contributed by atoms with van der Waals surface area (Å²) in [5.41, 5.74) is 5.28. The number of rotatable bonds is 8. The maximum atomic E-state index is 13.1. The summed E-state index contributed by atoms with van der Waals surface area (Å²) in [5.74, 6) is 2.09. The van der Waals surface area contributed by atoms with E-state index >= 15 is 0 Å². The lowest BCUT2D eigenvalue weighted by Gasteiger charge is -2.25. The van der Waals surface area contributed by atoms with Crippen molar-refractivity contribution in [3.05, 3.63) is 94.3 Å². The molecule has 4 aromatic rings. The summed E-state index contributed by atoms with van der Waals surface area (Å²) in [6, 6.07) is 22.5. The van der Waals surface area contributed by atoms with E-state index in [0.717, 1.165) is 57.3 Å². The smallest absolute Gasteiger partial charge is 0.223 e. The van der Waals surface area contributed by atoms with Gasteiger partial charge in [-0.2, -0.15) is 0 Å². The molecule has 1 fully saturated rings. The van der Waals surface area contributed by atoms with Crippen molar-refractivity contribution in [2.24, 2.45) is 0 Å². The average molecular weight is 502 g/mol. The molecule has 5 rings (SSSR count). The number of carbonyl (C=O) groups is 1. The molecule has 1 aliphatic rings. The van der Waals surface area contributed by atoms with Crippen LogP contribution in [0.5, 0.6) is 5.75 Å². The molecule has 36 heavy (non-hydrogen) atoms. The van der Waals surface area contributed by atoms with Gasteiger partial charge in [0.05, 0.1) is 23.7 Å². The fraction of sp³-hybridized carbons (Fsp3) is 0.333. The van der Waals surface area contributed by atoms with Crippen LogP contribution >= 0.6 is 11.6 Å². The largest absolute Gasteiger partial charge is 0.494 e. The van der Waals surface area contributed by atoms with Crippen molar-refractivity contribution in [2.45, 2.75) is 52.1 Å². The number of para-hydroxylation sites is 2. The van der Waals surface area contributed by atoms with Crippen molar-refractivity contribution < 1.29 is 9.53 Å². The molecule has 0 radical (unpaired) electrons. The Morgan fingerprint density at radius 2 is 1.75 bits per heavy atom. The van der Waals surface area contributed by atoms with Gasteiger partial charge in [-0.15, -0.1) is 0 Å². The molecule has 0 saturated carbocycles. The first-order valence-electron chi connectivity index (χ1n) is 12.6. The lowest BCUT2D eigenvalue weighted by Crippen LogP contribution is -2.28. The summed E-state index contributed by atoms with van der Waals surface area (Å²) in [5, 5.41) is 0.790. The molecule has 6 heteroatoms. The number of imidazole rings is 1. The molecule has 3 aromatic carbocycles. The van der Waals surface area contributed by atoms with E-state index in [1.165, 1.54) is 0 Å². The third kappa shape index (κ3) is 4.85. The Morgan fingerprint density at radius 3 is 2.50 bits per heavy atom. The lowest BCUT2D eigenvalue weighted by molar-refractivity contribution is -0.129. The number of aryl methyl sites for hydroxylation is 3. The second kappa shape index (κ2) is 10.4. The van der Waals surface area contributed by atoms with Crippen LogP contribution in [0.1, 0.15) is 54.2 Å². The lowest BCUT2D eigenvalue weighted by atomic mass is 10.1. The normalized spacial score (nSPS) is 16.6. The molecule has 2 atom stereocenters. The van der Waals surface area contributed by atoms with Crippen molar-refractivity contribution >= 4 is 28.5 Å². The van der Waals surface area contributed by atoms with Crippen molar-refractivity contribution in [3.63, 3.8) is 0 Å². The number of benzene rings is 3. The van der Waals surface area contributed by atoms with Crippen molar-refractivity contribution in [3.8, 4) is 5.75 Å². The highest BCUT2D eigenvalue weighted by atomic mass is 35.5. The first-order chi connectivity index (χ1) is 17.4. The number of carbonyl (C=O) groups excluding carboxylic acids is 1. The maximum absolute atomic E-state index is 13.1. The van der Waals surface area contributed by atoms with Gasteiger partial charge in [0.15, 0.2) is 0 Å². The van der Waals surface area contributed by atoms with E-state index in [4.69, 9.17) is 21.3 Å². The zero-order valence-electron chi connectivity index (χ0n) is 21.1. The third-order valence-electron chi connectivity index (χ3n) is 7.16. The minimum absolute atomic E-state index is 0.0428. The van der Waals surface area contributed by atoms with Gasteiger partial charge in [0.2, 0.25) is 5.91 Å². The zero-order valence-corrected chi connectivity index (χ0v) is 21.8. The number of likely N-dealkylation sites (tertiary alicyclic amines) is 1. The van der Waals surface area contributed by atoms with Crippen LogP contribution in [0.15, 0.2) is 66.7 Å². The number of hydrogen-bond acceptors (Lipinski definition) is 3. The van der Waals surface area contributed by atoms with E-state index < -0.39 is 0 Å². The summed E-state index contributed by atoms with van der Waals surface area (Å²) < 4.78 is 8.34. The quantitative estimate of drug-likeness (QED) is 0.248. The molecule has 0 aliphatic carbocycles. The average Bonchev–Trinajstić information content (AvgIpc) is 3.45. The molecule has 5 nitrogen and oxygen atoms in total. The van der Waals surface area contributed by atoms with Crippen LogP contribution in [0.3, 0.4) is 0 Å². The molecule has 1 aliphatic heterocycles. The highest BCUT2D eigenvalue weighted by Gasteiger charge is 2.36. The standard InChI is InChI=1S/C30H32ClN3O2/c1-20-16-25(17-21(2)29(20)31)36-15-9-14-33-27-13-8-7-12-26(27)32-30(33)24-18-28(35)34(19-24)22(3)23-10-5-4-6-11-23/h4-8,10-13,16-17,22,24H,9,14-15,18-19H2,1-3H3. The second-order valence-corrected chi connectivity index (χ2v) is 10.1. The van der Waals surface area contributed by atoms with Gasteiger partial charge in [-0.3, -0.25) is 4.79 Å². The Balaban J connectivity index is 1.32. The summed E-state index contributed by atoms with van der Waals surface area (Å²) in [6.07, 6.45) is 1.32. The van der Waals surface area contributed by atoms with Crippen LogP contribution in [-0.4, -0.2) is 33.5 Å². The SMILES string of the molecule is Cc1cc(OCCCn2c(C3CC(=O)N(C(C)c4ccccc4)C3)nc3ccccc32)cc(C)c1Cl. The third-order valence-corrected chi connectivity index (χ3v) is 7.76. The Kier molecular flexibility index (Phi) is 7.01. The summed E-state index contributed by atoms with van der Waals surface area (Å²) >= 11 is 6.30. The molecule has 2 heterocycles. The number of fused-ring (bicyclic) bond motifs is 1. The number of halogens is 1. The fourth-order valence-corrected chi connectivity index (χ4v) is 5.34. The minimum Gasteiger partial charge on any atom is -0.494 e. The van der Waals surface area contributed by atoms with E-state index in [9.17, 15) is 4.79 Å². The summed E-state index contributed by atoms with van der Waals surface area (Å²) in [4.78, 5) is 20.0. The Labute approximate surface area is 217 Å². The van der Waals surface area contributed by atoms with Crippen molar-refractivity contribution in [2.75, 3.05) is 13.2 Å². The molecule has 1 amide bonds. The van der Waals surface area contributed by atoms with Crippen molar-refractivity contribution in [1.29, 1.82) is 0 Å². The van der Waals surface area contributed by atoms with E-state index in [1.54, 1.807) is 0 Å². The molecule has 1 saturated heterocycles. The van der Waals surface area contributed by atoms with E-state index in [-0.39, 0.29) is 17.9 Å². The van der Waals surface area contributed by atoms with Gasteiger partial charge in [0.25, 0.3) is 0 Å². The number of hydrogen-bond donors (Lipinski definition) is 0. The maximum Gasteiger partial charge on any atom is 0.223 e. The van der Waals surface area contributed by atoms with E-state index in [1.807, 2.05) is 67.3 Å². The number of amides is 1. The van der Waals surface area contributed by atoms with Gasteiger partial charge in [0, 0.05) is 30.5 Å². The highest BCUT2D eigenvalue weighted by molar-refractivity contribution is 6.32. The molecular formula is C30H32ClN3O2. The monoisotopic (exact) mass is 501 g/mol. The Bertz CT molecular complexity index is 1360. The summed E-state index contributed by atoms with van der Waals surface area (Å²) in [7, 11) is 0. The molecular weight excluding hydrogens is 470 g/mol. The first kappa shape index (κ1) is 24.4. The predicted molar refractivity (Wildman–Crippen MR) is 145 cm³/mol. The number of nitrogens with zero attached hydrogens (tertiary/aromatic N) is 3. The topological polar surface area (TPSA) is 47.4 Å². The van der Waals surface area contributed by atoms with E-state index in [0.29, 0.717) is 19.6 Å². The number of ether oxygens (including phenoxy) is 1. The summed E-state index contributed by atoms with van der Waals surface area (Å²) in [6.45, 7) is 8.15. The Hall–Kier alpha value is -3.31. The van der Waals surface area contributed by atoms with Gasteiger partial charge in [-0.25, -0.2) is 4.98 Å². The zero-order chi connectivity index (χ0) is 25.2. The second-order valence-electron chi connectivity index (χ2n) is 9.72. The first-order valence-corrected chi connectivity index (χ1v) is 13.0. The Morgan fingerprint density at radius 1 is 1.06 bits per heavy atom. The van der Waals surface area contributed by atoms with Gasteiger partial charge in [-0.05, 0) is 68.1 Å². The molecule has 1 aromatic heterocycles.